The Morgan fingerprint density at radius 3 is 2.82 bits per heavy atom. The van der Waals surface area contributed by atoms with Crippen LogP contribution in [0.3, 0.4) is 0 Å². The van der Waals surface area contributed by atoms with E-state index in [1.807, 2.05) is 18.3 Å². The number of nitrogens with one attached hydrogen (secondary N) is 1. The lowest BCUT2D eigenvalue weighted by Crippen LogP contribution is -2.06. The second-order valence-corrected chi connectivity index (χ2v) is 5.65. The third kappa shape index (κ3) is 2.17. The number of hydrogen-bond donors (Lipinski definition) is 1. The average molecular weight is 290 g/mol. The predicted molar refractivity (Wildman–Crippen MR) is 87.5 cm³/mol. The van der Waals surface area contributed by atoms with Crippen molar-refractivity contribution in [2.45, 2.75) is 19.8 Å². The topological polar surface area (TPSA) is 42.7 Å². The SMILES string of the molecule is Cc1ccccc1-n1nc(Cc2ccccn2)c2c1NCC2. The van der Waals surface area contributed by atoms with Crippen molar-refractivity contribution < 1.29 is 0 Å². The van der Waals surface area contributed by atoms with Crippen LogP contribution in [0.25, 0.3) is 5.69 Å². The number of benzene rings is 1. The fourth-order valence-corrected chi connectivity index (χ4v) is 3.04. The lowest BCUT2D eigenvalue weighted by atomic mass is 10.1. The Hall–Kier alpha value is -2.62. The van der Waals surface area contributed by atoms with Crippen LogP contribution in [0.15, 0.2) is 48.7 Å². The number of para-hydroxylation sites is 1. The van der Waals surface area contributed by atoms with E-state index in [2.05, 4.69) is 52.2 Å². The Kier molecular flexibility index (Phi) is 3.15. The van der Waals surface area contributed by atoms with Crippen LogP contribution < -0.4 is 5.32 Å². The number of nitrogens with zero attached hydrogens (tertiary/aromatic N) is 3. The van der Waals surface area contributed by atoms with Gasteiger partial charge < -0.3 is 5.32 Å². The van der Waals surface area contributed by atoms with Crippen molar-refractivity contribution in [2.24, 2.45) is 0 Å². The van der Waals surface area contributed by atoms with Crippen LogP contribution in [0.2, 0.25) is 0 Å². The number of rotatable bonds is 3. The molecule has 110 valence electrons. The molecular formula is C18H18N4. The van der Waals surface area contributed by atoms with E-state index in [0.29, 0.717) is 0 Å². The quantitative estimate of drug-likeness (QED) is 0.806. The molecule has 4 heteroatoms. The van der Waals surface area contributed by atoms with Crippen LogP contribution in [0.1, 0.15) is 22.5 Å². The summed E-state index contributed by atoms with van der Waals surface area (Å²) in [4.78, 5) is 4.43. The Balaban J connectivity index is 1.79. The van der Waals surface area contributed by atoms with Crippen molar-refractivity contribution in [1.82, 2.24) is 14.8 Å². The van der Waals surface area contributed by atoms with Gasteiger partial charge in [-0.25, -0.2) is 4.68 Å². The molecule has 4 rings (SSSR count). The Bertz CT molecular complexity index is 805. The van der Waals surface area contributed by atoms with Crippen molar-refractivity contribution in [1.29, 1.82) is 0 Å². The van der Waals surface area contributed by atoms with Gasteiger partial charge in [0, 0.05) is 30.4 Å². The molecule has 0 fully saturated rings. The van der Waals surface area contributed by atoms with Crippen LogP contribution in [-0.2, 0) is 12.8 Å². The molecule has 1 N–H and O–H groups in total. The molecule has 1 aliphatic heterocycles. The number of aryl methyl sites for hydroxylation is 1. The number of pyridine rings is 1. The zero-order valence-electron chi connectivity index (χ0n) is 12.6. The minimum Gasteiger partial charge on any atom is -0.369 e. The van der Waals surface area contributed by atoms with Gasteiger partial charge in [-0.1, -0.05) is 24.3 Å². The number of anilines is 1. The van der Waals surface area contributed by atoms with E-state index in [1.165, 1.54) is 11.1 Å². The summed E-state index contributed by atoms with van der Waals surface area (Å²) in [6.45, 7) is 3.10. The van der Waals surface area contributed by atoms with Crippen LogP contribution >= 0.6 is 0 Å². The van der Waals surface area contributed by atoms with Crippen LogP contribution in [0.5, 0.6) is 0 Å². The number of hydrogen-bond acceptors (Lipinski definition) is 3. The molecule has 0 bridgehead atoms. The van der Waals surface area contributed by atoms with Gasteiger partial charge in [-0.3, -0.25) is 4.98 Å². The van der Waals surface area contributed by atoms with Gasteiger partial charge in [0.15, 0.2) is 0 Å². The number of aromatic nitrogens is 3. The summed E-state index contributed by atoms with van der Waals surface area (Å²) in [5, 5.41) is 8.35. The zero-order valence-corrected chi connectivity index (χ0v) is 12.6. The molecule has 1 aromatic carbocycles. The van der Waals surface area contributed by atoms with E-state index in [1.54, 1.807) is 0 Å². The van der Waals surface area contributed by atoms with Gasteiger partial charge in [0.25, 0.3) is 0 Å². The van der Waals surface area contributed by atoms with E-state index < -0.39 is 0 Å². The molecule has 3 heterocycles. The first-order valence-electron chi connectivity index (χ1n) is 7.63. The van der Waals surface area contributed by atoms with Crippen LogP contribution in [-0.4, -0.2) is 21.3 Å². The highest BCUT2D eigenvalue weighted by Gasteiger charge is 2.23. The Morgan fingerprint density at radius 1 is 1.14 bits per heavy atom. The molecule has 0 radical (unpaired) electrons. The maximum absolute atomic E-state index is 4.87. The molecule has 2 aromatic heterocycles. The summed E-state index contributed by atoms with van der Waals surface area (Å²) < 4.78 is 2.05. The summed E-state index contributed by atoms with van der Waals surface area (Å²) in [5.74, 6) is 1.14. The highest BCUT2D eigenvalue weighted by Crippen LogP contribution is 2.30. The first-order valence-corrected chi connectivity index (χ1v) is 7.63. The molecule has 22 heavy (non-hydrogen) atoms. The molecule has 0 saturated heterocycles. The largest absolute Gasteiger partial charge is 0.369 e. The van der Waals surface area contributed by atoms with Crippen LogP contribution in [0.4, 0.5) is 5.82 Å². The first kappa shape index (κ1) is 13.1. The summed E-state index contributed by atoms with van der Waals surface area (Å²) >= 11 is 0. The zero-order chi connectivity index (χ0) is 14.9. The third-order valence-corrected chi connectivity index (χ3v) is 4.15. The fourth-order valence-electron chi connectivity index (χ4n) is 3.04. The summed E-state index contributed by atoms with van der Waals surface area (Å²) in [6.07, 6.45) is 3.65. The van der Waals surface area contributed by atoms with Gasteiger partial charge in [0.2, 0.25) is 0 Å². The Labute approximate surface area is 129 Å². The highest BCUT2D eigenvalue weighted by molar-refractivity contribution is 5.58. The van der Waals surface area contributed by atoms with Crippen LogP contribution in [0, 0.1) is 6.92 Å². The van der Waals surface area contributed by atoms with Crippen molar-refractivity contribution >= 4 is 5.82 Å². The minimum absolute atomic E-state index is 0.781. The molecule has 1 aliphatic rings. The van der Waals surface area contributed by atoms with Gasteiger partial charge in [-0.15, -0.1) is 0 Å². The van der Waals surface area contributed by atoms with Gasteiger partial charge in [0.05, 0.1) is 11.4 Å². The molecule has 3 aromatic rings. The molecule has 0 atom stereocenters. The van der Waals surface area contributed by atoms with Crippen molar-refractivity contribution in [3.8, 4) is 5.69 Å². The van der Waals surface area contributed by atoms with E-state index in [4.69, 9.17) is 5.10 Å². The van der Waals surface area contributed by atoms with Gasteiger partial charge in [-0.05, 0) is 37.1 Å². The van der Waals surface area contributed by atoms with Crippen molar-refractivity contribution in [2.75, 3.05) is 11.9 Å². The third-order valence-electron chi connectivity index (χ3n) is 4.15. The summed E-state index contributed by atoms with van der Waals surface area (Å²) in [5.41, 5.74) is 5.88. The average Bonchev–Trinajstić information content (AvgIpc) is 3.13. The highest BCUT2D eigenvalue weighted by atomic mass is 15.3. The molecule has 4 nitrogen and oxygen atoms in total. The monoisotopic (exact) mass is 290 g/mol. The summed E-state index contributed by atoms with van der Waals surface area (Å²) in [6, 6.07) is 14.4. The molecule has 0 aliphatic carbocycles. The lowest BCUT2D eigenvalue weighted by Gasteiger charge is -2.09. The van der Waals surface area contributed by atoms with Gasteiger partial charge in [-0.2, -0.15) is 5.10 Å². The van der Waals surface area contributed by atoms with Gasteiger partial charge in [0.1, 0.15) is 5.82 Å². The number of fused-ring (bicyclic) bond motifs is 1. The Morgan fingerprint density at radius 2 is 2.00 bits per heavy atom. The second kappa shape index (κ2) is 5.30. The predicted octanol–water partition coefficient (Wildman–Crippen LogP) is 3.13. The molecule has 0 spiro atoms. The van der Waals surface area contributed by atoms with Gasteiger partial charge >= 0.3 is 0 Å². The maximum Gasteiger partial charge on any atom is 0.133 e. The van der Waals surface area contributed by atoms with E-state index >= 15 is 0 Å². The molecule has 0 unspecified atom stereocenters. The lowest BCUT2D eigenvalue weighted by molar-refractivity contribution is 0.829. The van der Waals surface area contributed by atoms with Crippen molar-refractivity contribution in [3.63, 3.8) is 0 Å². The molecule has 0 amide bonds. The fraction of sp³-hybridized carbons (Fsp3) is 0.222. The van der Waals surface area contributed by atoms with E-state index in [9.17, 15) is 0 Å². The maximum atomic E-state index is 4.87. The smallest absolute Gasteiger partial charge is 0.133 e. The standard InChI is InChI=1S/C18H18N4/c1-13-6-2-3-8-17(13)22-18-15(9-11-20-18)16(21-22)12-14-7-4-5-10-19-14/h2-8,10,20H,9,11-12H2,1H3. The first-order chi connectivity index (χ1) is 10.8. The minimum atomic E-state index is 0.781. The second-order valence-electron chi connectivity index (χ2n) is 5.65. The van der Waals surface area contributed by atoms with E-state index in [-0.39, 0.29) is 0 Å². The van der Waals surface area contributed by atoms with Crippen molar-refractivity contribution in [3.05, 3.63) is 71.2 Å². The molecular weight excluding hydrogens is 272 g/mol. The molecule has 0 saturated carbocycles. The normalized spacial score (nSPS) is 13.0. The summed E-state index contributed by atoms with van der Waals surface area (Å²) in [7, 11) is 0. The van der Waals surface area contributed by atoms with E-state index in [0.717, 1.165) is 42.3 Å².